The Morgan fingerprint density at radius 3 is 2.30 bits per heavy atom. The first-order valence-corrected chi connectivity index (χ1v) is 7.90. The van der Waals surface area contributed by atoms with Gasteiger partial charge in [-0.05, 0) is 60.7 Å². The predicted octanol–water partition coefficient (Wildman–Crippen LogP) is 3.35. The van der Waals surface area contributed by atoms with Gasteiger partial charge in [-0.1, -0.05) is 15.9 Å². The average Bonchev–Trinajstić information content (AvgIpc) is 2.55. The van der Waals surface area contributed by atoms with Gasteiger partial charge in [-0.2, -0.15) is 0 Å². The number of nitrogens with one attached hydrogen (secondary N) is 2. The van der Waals surface area contributed by atoms with E-state index in [1.165, 1.54) is 0 Å². The number of halogens is 1. The molecule has 2 rings (SSSR count). The van der Waals surface area contributed by atoms with Crippen molar-refractivity contribution >= 4 is 44.9 Å². The minimum absolute atomic E-state index is 0.130. The molecule has 0 saturated carbocycles. The van der Waals surface area contributed by atoms with Crippen molar-refractivity contribution in [3.05, 3.63) is 53.0 Å². The molecule has 0 unspecified atom stereocenters. The van der Waals surface area contributed by atoms with Crippen LogP contribution in [0.3, 0.4) is 0 Å². The van der Waals surface area contributed by atoms with E-state index in [0.717, 1.165) is 15.9 Å². The Bertz CT molecular complexity index is 675. The molecule has 5 nitrogen and oxygen atoms in total. The van der Waals surface area contributed by atoms with Gasteiger partial charge < -0.3 is 14.8 Å². The van der Waals surface area contributed by atoms with E-state index in [1.54, 1.807) is 31.4 Å². The van der Waals surface area contributed by atoms with Crippen LogP contribution in [0.5, 0.6) is 11.5 Å². The van der Waals surface area contributed by atoms with Crippen molar-refractivity contribution in [1.82, 2.24) is 5.32 Å². The van der Waals surface area contributed by atoms with Crippen molar-refractivity contribution in [3.8, 4) is 11.5 Å². The lowest BCUT2D eigenvalue weighted by atomic mass is 10.3. The Kier molecular flexibility index (Phi) is 6.37. The topological polar surface area (TPSA) is 59.6 Å². The summed E-state index contributed by atoms with van der Waals surface area (Å²) in [4.78, 5) is 11.8. The van der Waals surface area contributed by atoms with Crippen molar-refractivity contribution in [1.29, 1.82) is 0 Å². The highest BCUT2D eigenvalue weighted by Crippen LogP contribution is 2.17. The van der Waals surface area contributed by atoms with Gasteiger partial charge in [-0.25, -0.2) is 0 Å². The number of ether oxygens (including phenoxy) is 2. The van der Waals surface area contributed by atoms with Crippen molar-refractivity contribution in [3.63, 3.8) is 0 Å². The fraction of sp³-hybridized carbons (Fsp3) is 0.125. The predicted molar refractivity (Wildman–Crippen MR) is 97.0 cm³/mol. The monoisotopic (exact) mass is 394 g/mol. The number of hydrogen-bond donors (Lipinski definition) is 2. The highest BCUT2D eigenvalue weighted by molar-refractivity contribution is 9.10. The van der Waals surface area contributed by atoms with Gasteiger partial charge in [0.05, 0.1) is 7.11 Å². The van der Waals surface area contributed by atoms with E-state index in [1.807, 2.05) is 24.3 Å². The third-order valence-electron chi connectivity index (χ3n) is 2.78. The van der Waals surface area contributed by atoms with Gasteiger partial charge in [0, 0.05) is 10.2 Å². The molecule has 2 aromatic carbocycles. The maximum absolute atomic E-state index is 11.8. The fourth-order valence-electron chi connectivity index (χ4n) is 1.68. The highest BCUT2D eigenvalue weighted by atomic mass is 79.9. The zero-order valence-electron chi connectivity index (χ0n) is 12.3. The number of benzene rings is 2. The van der Waals surface area contributed by atoms with Crippen LogP contribution >= 0.6 is 28.1 Å². The van der Waals surface area contributed by atoms with Crippen LogP contribution in [0.1, 0.15) is 0 Å². The fourth-order valence-corrected chi connectivity index (χ4v) is 2.18. The molecule has 23 heavy (non-hydrogen) atoms. The minimum Gasteiger partial charge on any atom is -0.497 e. The van der Waals surface area contributed by atoms with E-state index < -0.39 is 0 Å². The van der Waals surface area contributed by atoms with E-state index in [0.29, 0.717) is 5.75 Å². The van der Waals surface area contributed by atoms with E-state index in [9.17, 15) is 4.79 Å². The quantitative estimate of drug-likeness (QED) is 0.761. The molecule has 2 aromatic rings. The number of thiocarbonyl (C=S) groups is 1. The summed E-state index contributed by atoms with van der Waals surface area (Å²) in [6, 6.07) is 14.4. The van der Waals surface area contributed by atoms with Gasteiger partial charge in [0.25, 0.3) is 5.91 Å². The molecular weight excluding hydrogens is 380 g/mol. The Balaban J connectivity index is 1.77. The largest absolute Gasteiger partial charge is 0.497 e. The number of rotatable bonds is 5. The lowest BCUT2D eigenvalue weighted by Gasteiger charge is -2.10. The first-order chi connectivity index (χ1) is 11.1. The molecule has 0 heterocycles. The Morgan fingerprint density at radius 1 is 1.09 bits per heavy atom. The molecule has 7 heteroatoms. The van der Waals surface area contributed by atoms with Crippen LogP contribution in [-0.4, -0.2) is 24.7 Å². The zero-order valence-corrected chi connectivity index (χ0v) is 14.7. The van der Waals surface area contributed by atoms with Gasteiger partial charge in [-0.3, -0.25) is 10.1 Å². The second-order valence-corrected chi connectivity index (χ2v) is 5.80. The molecule has 0 fully saturated rings. The summed E-state index contributed by atoms with van der Waals surface area (Å²) < 4.78 is 11.4. The van der Waals surface area contributed by atoms with E-state index >= 15 is 0 Å². The Labute approximate surface area is 148 Å². The summed E-state index contributed by atoms with van der Waals surface area (Å²) in [6.45, 7) is -0.130. The average molecular weight is 395 g/mol. The smallest absolute Gasteiger partial charge is 0.264 e. The summed E-state index contributed by atoms with van der Waals surface area (Å²) in [6.07, 6.45) is 0. The van der Waals surface area contributed by atoms with Gasteiger partial charge >= 0.3 is 0 Å². The van der Waals surface area contributed by atoms with E-state index in [4.69, 9.17) is 21.7 Å². The number of hydrogen-bond acceptors (Lipinski definition) is 4. The number of carbonyl (C=O) groups is 1. The Hall–Kier alpha value is -2.12. The van der Waals surface area contributed by atoms with Crippen LogP contribution < -0.4 is 20.1 Å². The summed E-state index contributed by atoms with van der Waals surface area (Å²) in [7, 11) is 1.59. The van der Waals surface area contributed by atoms with Crippen molar-refractivity contribution in [2.75, 3.05) is 19.0 Å². The van der Waals surface area contributed by atoms with E-state index in [-0.39, 0.29) is 17.6 Å². The number of amides is 1. The summed E-state index contributed by atoms with van der Waals surface area (Å²) >= 11 is 8.43. The second-order valence-electron chi connectivity index (χ2n) is 4.47. The molecule has 0 saturated heterocycles. The van der Waals surface area contributed by atoms with Gasteiger partial charge in [0.15, 0.2) is 11.7 Å². The van der Waals surface area contributed by atoms with Crippen molar-refractivity contribution in [2.24, 2.45) is 0 Å². The molecule has 1 amide bonds. The summed E-state index contributed by atoms with van der Waals surface area (Å²) in [5, 5.41) is 5.69. The maximum atomic E-state index is 11.8. The maximum Gasteiger partial charge on any atom is 0.264 e. The second kappa shape index (κ2) is 8.50. The standard InChI is InChI=1S/C16H15BrN2O3S/c1-21-13-6-8-14(9-7-13)22-10-15(20)19-16(23)18-12-4-2-11(17)3-5-12/h2-9H,10H2,1H3,(H2,18,19,20,23). The van der Waals surface area contributed by atoms with Gasteiger partial charge in [-0.15, -0.1) is 0 Å². The van der Waals surface area contributed by atoms with Gasteiger partial charge in [0.1, 0.15) is 11.5 Å². The third kappa shape index (κ3) is 5.88. The van der Waals surface area contributed by atoms with Crippen molar-refractivity contribution < 1.29 is 14.3 Å². The Morgan fingerprint density at radius 2 is 1.70 bits per heavy atom. The molecule has 0 atom stereocenters. The normalized spacial score (nSPS) is 9.83. The van der Waals surface area contributed by atoms with Crippen LogP contribution in [0.25, 0.3) is 0 Å². The molecule has 2 N–H and O–H groups in total. The third-order valence-corrected chi connectivity index (χ3v) is 3.52. The van der Waals surface area contributed by atoms with Crippen LogP contribution in [0.15, 0.2) is 53.0 Å². The molecular formula is C16H15BrN2O3S. The molecule has 0 aliphatic carbocycles. The molecule has 0 radical (unpaired) electrons. The summed E-state index contributed by atoms with van der Waals surface area (Å²) in [5.74, 6) is 0.963. The van der Waals surface area contributed by atoms with Crippen LogP contribution in [-0.2, 0) is 4.79 Å². The minimum atomic E-state index is -0.338. The van der Waals surface area contributed by atoms with Gasteiger partial charge in [0.2, 0.25) is 0 Å². The van der Waals surface area contributed by atoms with Crippen LogP contribution in [0.4, 0.5) is 5.69 Å². The lowest BCUT2D eigenvalue weighted by molar-refractivity contribution is -0.121. The molecule has 120 valence electrons. The first-order valence-electron chi connectivity index (χ1n) is 6.70. The molecule has 0 bridgehead atoms. The number of anilines is 1. The first kappa shape index (κ1) is 17.2. The number of methoxy groups -OCH3 is 1. The van der Waals surface area contributed by atoms with Crippen LogP contribution in [0.2, 0.25) is 0 Å². The zero-order chi connectivity index (χ0) is 16.7. The number of carbonyl (C=O) groups excluding carboxylic acids is 1. The molecule has 0 aromatic heterocycles. The van der Waals surface area contributed by atoms with Crippen molar-refractivity contribution in [2.45, 2.75) is 0 Å². The highest BCUT2D eigenvalue weighted by Gasteiger charge is 2.06. The SMILES string of the molecule is COc1ccc(OCC(=O)NC(=S)Nc2ccc(Br)cc2)cc1. The molecule has 0 spiro atoms. The summed E-state index contributed by atoms with van der Waals surface area (Å²) in [5.41, 5.74) is 0.787. The molecule has 0 aliphatic rings. The van der Waals surface area contributed by atoms with E-state index in [2.05, 4.69) is 26.6 Å². The lowest BCUT2D eigenvalue weighted by Crippen LogP contribution is -2.37. The molecule has 0 aliphatic heterocycles. The van der Waals surface area contributed by atoms with Crippen LogP contribution in [0, 0.1) is 0 Å².